The van der Waals surface area contributed by atoms with Crippen LogP contribution in [0.3, 0.4) is 0 Å². The molecule has 0 saturated heterocycles. The summed E-state index contributed by atoms with van der Waals surface area (Å²) in [6, 6.07) is 6.95. The zero-order chi connectivity index (χ0) is 13.6. The van der Waals surface area contributed by atoms with E-state index in [4.69, 9.17) is 5.73 Å². The summed E-state index contributed by atoms with van der Waals surface area (Å²) in [6.45, 7) is 0.298. The van der Waals surface area contributed by atoms with Crippen molar-refractivity contribution in [1.29, 1.82) is 0 Å². The van der Waals surface area contributed by atoms with E-state index in [1.54, 1.807) is 18.2 Å². The monoisotopic (exact) mass is 334 g/mol. The minimum Gasteiger partial charge on any atom is -0.330 e. The molecule has 0 radical (unpaired) electrons. The Kier molecular flexibility index (Phi) is 5.77. The van der Waals surface area contributed by atoms with E-state index in [-0.39, 0.29) is 5.75 Å². The highest BCUT2D eigenvalue weighted by molar-refractivity contribution is 9.10. The van der Waals surface area contributed by atoms with Gasteiger partial charge in [0.1, 0.15) is 5.75 Å². The molecule has 18 heavy (non-hydrogen) atoms. The Hall–Kier alpha value is -0.920. The lowest BCUT2D eigenvalue weighted by molar-refractivity contribution is -0.113. The lowest BCUT2D eigenvalue weighted by Gasteiger charge is -2.06. The number of halogens is 1. The van der Waals surface area contributed by atoms with Gasteiger partial charge in [0.2, 0.25) is 5.91 Å². The molecule has 0 saturated carbocycles. The fourth-order valence-electron chi connectivity index (χ4n) is 1.34. The van der Waals surface area contributed by atoms with E-state index < -0.39 is 21.5 Å². The zero-order valence-electron chi connectivity index (χ0n) is 9.73. The van der Waals surface area contributed by atoms with Gasteiger partial charge in [0, 0.05) is 10.2 Å². The minimum atomic E-state index is -3.38. The van der Waals surface area contributed by atoms with Crippen LogP contribution in [0.5, 0.6) is 0 Å². The van der Waals surface area contributed by atoms with Crippen LogP contribution in [0.25, 0.3) is 0 Å². The van der Waals surface area contributed by atoms with Gasteiger partial charge in [-0.25, -0.2) is 8.42 Å². The molecule has 1 aromatic rings. The van der Waals surface area contributed by atoms with Crippen molar-refractivity contribution in [3.63, 3.8) is 0 Å². The van der Waals surface area contributed by atoms with Gasteiger partial charge >= 0.3 is 0 Å². The first-order valence-corrected chi connectivity index (χ1v) is 8.00. The molecule has 7 heteroatoms. The van der Waals surface area contributed by atoms with E-state index >= 15 is 0 Å². The largest absolute Gasteiger partial charge is 0.330 e. The molecule has 0 unspecified atom stereocenters. The van der Waals surface area contributed by atoms with Crippen LogP contribution >= 0.6 is 15.9 Å². The number of rotatable bonds is 6. The first-order chi connectivity index (χ1) is 8.43. The highest BCUT2D eigenvalue weighted by atomic mass is 79.9. The molecule has 0 atom stereocenters. The van der Waals surface area contributed by atoms with Crippen molar-refractivity contribution in [2.45, 2.75) is 6.42 Å². The number of carbonyl (C=O) groups is 1. The molecule has 0 bridgehead atoms. The van der Waals surface area contributed by atoms with Gasteiger partial charge in [-0.2, -0.15) is 0 Å². The summed E-state index contributed by atoms with van der Waals surface area (Å²) in [5, 5.41) is 2.54. The van der Waals surface area contributed by atoms with Crippen molar-refractivity contribution < 1.29 is 13.2 Å². The second kappa shape index (κ2) is 6.86. The molecule has 100 valence electrons. The molecule has 0 heterocycles. The van der Waals surface area contributed by atoms with E-state index in [9.17, 15) is 13.2 Å². The van der Waals surface area contributed by atoms with E-state index in [0.717, 1.165) is 4.47 Å². The number of hydrogen-bond donors (Lipinski definition) is 2. The molecule has 1 aromatic carbocycles. The van der Waals surface area contributed by atoms with Crippen LogP contribution in [0.1, 0.15) is 6.42 Å². The number of benzene rings is 1. The average molecular weight is 335 g/mol. The third-order valence-electron chi connectivity index (χ3n) is 2.12. The summed E-state index contributed by atoms with van der Waals surface area (Å²) in [7, 11) is -3.38. The molecular formula is C11H15BrN2O3S. The Morgan fingerprint density at radius 1 is 1.39 bits per heavy atom. The molecule has 1 amide bonds. The number of anilines is 1. The van der Waals surface area contributed by atoms with E-state index in [0.29, 0.717) is 18.7 Å². The molecule has 1 rings (SSSR count). The Bertz CT molecular complexity index is 517. The second-order valence-corrected chi connectivity index (χ2v) is 6.89. The quantitative estimate of drug-likeness (QED) is 0.816. The topological polar surface area (TPSA) is 89.3 Å². The summed E-state index contributed by atoms with van der Waals surface area (Å²) in [6.07, 6.45) is 0.368. The van der Waals surface area contributed by atoms with Crippen LogP contribution in [0.4, 0.5) is 5.69 Å². The maximum Gasteiger partial charge on any atom is 0.239 e. The van der Waals surface area contributed by atoms with Crippen molar-refractivity contribution in [3.8, 4) is 0 Å². The van der Waals surface area contributed by atoms with Gasteiger partial charge in [-0.15, -0.1) is 0 Å². The molecular weight excluding hydrogens is 320 g/mol. The molecule has 0 aromatic heterocycles. The van der Waals surface area contributed by atoms with Crippen LogP contribution in [0.2, 0.25) is 0 Å². The Balaban J connectivity index is 2.57. The number of hydrogen-bond acceptors (Lipinski definition) is 4. The van der Waals surface area contributed by atoms with Crippen LogP contribution in [0, 0.1) is 0 Å². The maximum atomic E-state index is 11.6. The third kappa shape index (κ3) is 5.61. The standard InChI is InChI=1S/C11H15BrN2O3S/c12-9-3-1-4-10(7-9)14-11(15)8-18(16,17)6-2-5-13/h1,3-4,7H,2,5-6,8,13H2,(H,14,15). The first kappa shape index (κ1) is 15.1. The SMILES string of the molecule is NCCCS(=O)(=O)CC(=O)Nc1cccc(Br)c1. The van der Waals surface area contributed by atoms with Crippen LogP contribution < -0.4 is 11.1 Å². The number of amides is 1. The predicted molar refractivity (Wildman–Crippen MR) is 75.1 cm³/mol. The van der Waals surface area contributed by atoms with E-state index in [2.05, 4.69) is 21.2 Å². The fraction of sp³-hybridized carbons (Fsp3) is 0.364. The molecule has 3 N–H and O–H groups in total. The minimum absolute atomic E-state index is 0.0601. The van der Waals surface area contributed by atoms with Crippen molar-refractivity contribution in [1.82, 2.24) is 0 Å². The summed E-state index contributed by atoms with van der Waals surface area (Å²) < 4.78 is 23.9. The second-order valence-electron chi connectivity index (χ2n) is 3.79. The zero-order valence-corrected chi connectivity index (χ0v) is 12.1. The summed E-state index contributed by atoms with van der Waals surface area (Å²) in [4.78, 5) is 11.6. The predicted octanol–water partition coefficient (Wildman–Crippen LogP) is 1.15. The molecule has 0 aliphatic rings. The molecule has 0 fully saturated rings. The Labute approximate surface area is 115 Å². The number of carbonyl (C=O) groups excluding carboxylic acids is 1. The molecule has 0 aliphatic heterocycles. The van der Waals surface area contributed by atoms with Crippen LogP contribution in [-0.2, 0) is 14.6 Å². The summed E-state index contributed by atoms with van der Waals surface area (Å²) in [5.41, 5.74) is 5.80. The highest BCUT2D eigenvalue weighted by Gasteiger charge is 2.16. The molecule has 5 nitrogen and oxygen atoms in total. The van der Waals surface area contributed by atoms with Crippen molar-refractivity contribution >= 4 is 37.4 Å². The summed E-state index contributed by atoms with van der Waals surface area (Å²) in [5.74, 6) is -1.11. The van der Waals surface area contributed by atoms with Crippen LogP contribution in [0.15, 0.2) is 28.7 Å². The van der Waals surface area contributed by atoms with Crippen molar-refractivity contribution in [2.24, 2.45) is 5.73 Å². The fourth-order valence-corrected chi connectivity index (χ4v) is 2.96. The molecule has 0 aliphatic carbocycles. The number of nitrogens with two attached hydrogens (primary N) is 1. The van der Waals surface area contributed by atoms with Gasteiger partial charge in [0.15, 0.2) is 9.84 Å². The number of sulfone groups is 1. The van der Waals surface area contributed by atoms with Gasteiger partial charge in [-0.1, -0.05) is 22.0 Å². The van der Waals surface area contributed by atoms with E-state index in [1.807, 2.05) is 6.07 Å². The Morgan fingerprint density at radius 2 is 2.11 bits per heavy atom. The van der Waals surface area contributed by atoms with Gasteiger partial charge in [-0.3, -0.25) is 4.79 Å². The first-order valence-electron chi connectivity index (χ1n) is 5.39. The lowest BCUT2D eigenvalue weighted by Crippen LogP contribution is -2.25. The maximum absolute atomic E-state index is 11.6. The normalized spacial score (nSPS) is 11.2. The van der Waals surface area contributed by atoms with Gasteiger partial charge in [-0.05, 0) is 31.2 Å². The van der Waals surface area contributed by atoms with Gasteiger partial charge in [0.25, 0.3) is 0 Å². The smallest absolute Gasteiger partial charge is 0.239 e. The van der Waals surface area contributed by atoms with Crippen molar-refractivity contribution in [3.05, 3.63) is 28.7 Å². The molecule has 0 spiro atoms. The average Bonchev–Trinajstić information content (AvgIpc) is 2.25. The highest BCUT2D eigenvalue weighted by Crippen LogP contribution is 2.15. The number of nitrogens with one attached hydrogen (secondary N) is 1. The Morgan fingerprint density at radius 3 is 2.72 bits per heavy atom. The van der Waals surface area contributed by atoms with Gasteiger partial charge in [0.05, 0.1) is 5.75 Å². The van der Waals surface area contributed by atoms with Crippen LogP contribution in [-0.4, -0.2) is 32.4 Å². The van der Waals surface area contributed by atoms with E-state index in [1.165, 1.54) is 0 Å². The van der Waals surface area contributed by atoms with Gasteiger partial charge < -0.3 is 11.1 Å². The lowest BCUT2D eigenvalue weighted by atomic mass is 10.3. The third-order valence-corrected chi connectivity index (χ3v) is 4.22. The van der Waals surface area contributed by atoms with Crippen molar-refractivity contribution in [2.75, 3.05) is 23.4 Å². The summed E-state index contributed by atoms with van der Waals surface area (Å²) >= 11 is 3.26.